The maximum absolute atomic E-state index is 6.14. The highest BCUT2D eigenvalue weighted by Gasteiger charge is 2.22. The summed E-state index contributed by atoms with van der Waals surface area (Å²) in [7, 11) is 3.69. The van der Waals surface area contributed by atoms with Crippen molar-refractivity contribution in [2.24, 2.45) is 5.73 Å². The molecule has 18 heavy (non-hydrogen) atoms. The van der Waals surface area contributed by atoms with Crippen LogP contribution in [-0.2, 0) is 0 Å². The highest BCUT2D eigenvalue weighted by Crippen LogP contribution is 2.33. The van der Waals surface area contributed by atoms with Gasteiger partial charge in [0.05, 0.1) is 7.11 Å². The lowest BCUT2D eigenvalue weighted by atomic mass is 9.90. The summed E-state index contributed by atoms with van der Waals surface area (Å²) in [6.07, 6.45) is 0.864. The molecule has 0 spiro atoms. The molecule has 0 radical (unpaired) electrons. The highest BCUT2D eigenvalue weighted by atomic mass is 16.5. The molecular weight excluding hydrogens is 224 g/mol. The zero-order valence-corrected chi connectivity index (χ0v) is 12.4. The van der Waals surface area contributed by atoms with Crippen LogP contribution >= 0.6 is 0 Å². The summed E-state index contributed by atoms with van der Waals surface area (Å²) >= 11 is 0. The molecule has 0 aliphatic rings. The van der Waals surface area contributed by atoms with Crippen molar-refractivity contribution in [3.63, 3.8) is 0 Å². The van der Waals surface area contributed by atoms with Gasteiger partial charge in [0.15, 0.2) is 0 Å². The van der Waals surface area contributed by atoms with Gasteiger partial charge < -0.3 is 15.8 Å². The molecule has 3 heteroatoms. The fourth-order valence-corrected chi connectivity index (χ4v) is 2.42. The molecule has 0 aliphatic heterocycles. The minimum atomic E-state index is -0.212. The van der Waals surface area contributed by atoms with Gasteiger partial charge in [-0.2, -0.15) is 0 Å². The first-order chi connectivity index (χ1) is 8.28. The Labute approximate surface area is 111 Å². The first kappa shape index (κ1) is 15.0. The van der Waals surface area contributed by atoms with Gasteiger partial charge in [-0.3, -0.25) is 0 Å². The number of nitrogens with two attached hydrogens (primary N) is 1. The summed E-state index contributed by atoms with van der Waals surface area (Å²) in [6.45, 7) is 8.28. The molecule has 1 unspecified atom stereocenters. The van der Waals surface area contributed by atoms with Crippen molar-refractivity contribution in [3.8, 4) is 5.75 Å². The maximum atomic E-state index is 6.14. The lowest BCUT2D eigenvalue weighted by Gasteiger charge is -2.28. The Morgan fingerprint density at radius 3 is 2.39 bits per heavy atom. The third-order valence-corrected chi connectivity index (χ3v) is 3.11. The molecule has 1 rings (SSSR count). The van der Waals surface area contributed by atoms with E-state index in [0.29, 0.717) is 0 Å². The van der Waals surface area contributed by atoms with E-state index in [4.69, 9.17) is 10.5 Å². The standard InChI is InChI=1S/C15H26N2O/c1-10-7-11(2)14(18-6)12(8-10)13(17-5)9-15(3,4)16/h7-8,13,17H,9,16H2,1-6H3. The van der Waals surface area contributed by atoms with E-state index in [-0.39, 0.29) is 11.6 Å². The molecule has 3 nitrogen and oxygen atoms in total. The van der Waals surface area contributed by atoms with Gasteiger partial charge in [0, 0.05) is 17.1 Å². The average Bonchev–Trinajstić information content (AvgIpc) is 2.23. The van der Waals surface area contributed by atoms with Crippen molar-refractivity contribution in [2.45, 2.75) is 45.7 Å². The third-order valence-electron chi connectivity index (χ3n) is 3.11. The van der Waals surface area contributed by atoms with E-state index in [2.05, 4.69) is 31.3 Å². The van der Waals surface area contributed by atoms with Gasteiger partial charge in [0.25, 0.3) is 0 Å². The number of hydrogen-bond donors (Lipinski definition) is 2. The van der Waals surface area contributed by atoms with Gasteiger partial charge in [-0.05, 0) is 46.7 Å². The summed E-state index contributed by atoms with van der Waals surface area (Å²) in [5, 5.41) is 3.34. The van der Waals surface area contributed by atoms with Crippen LogP contribution in [-0.4, -0.2) is 19.7 Å². The van der Waals surface area contributed by atoms with Crippen LogP contribution in [0.4, 0.5) is 0 Å². The van der Waals surface area contributed by atoms with Crippen LogP contribution in [0.3, 0.4) is 0 Å². The van der Waals surface area contributed by atoms with Crippen LogP contribution in [0.15, 0.2) is 12.1 Å². The first-order valence-electron chi connectivity index (χ1n) is 6.39. The Bertz CT molecular complexity index is 408. The molecule has 1 aromatic rings. The predicted molar refractivity (Wildman–Crippen MR) is 77.2 cm³/mol. The van der Waals surface area contributed by atoms with E-state index in [1.807, 2.05) is 20.9 Å². The number of rotatable bonds is 5. The van der Waals surface area contributed by atoms with E-state index >= 15 is 0 Å². The van der Waals surface area contributed by atoms with Crippen LogP contribution in [0.2, 0.25) is 0 Å². The second kappa shape index (κ2) is 5.72. The quantitative estimate of drug-likeness (QED) is 0.844. The largest absolute Gasteiger partial charge is 0.496 e. The van der Waals surface area contributed by atoms with Gasteiger partial charge in [0.2, 0.25) is 0 Å². The summed E-state index contributed by atoms with van der Waals surface area (Å²) in [5.74, 6) is 0.962. The highest BCUT2D eigenvalue weighted by molar-refractivity contribution is 5.45. The van der Waals surface area contributed by atoms with Gasteiger partial charge in [-0.25, -0.2) is 0 Å². The molecule has 0 saturated carbocycles. The molecule has 0 heterocycles. The Morgan fingerprint density at radius 2 is 1.94 bits per heavy atom. The minimum absolute atomic E-state index is 0.207. The second-order valence-electron chi connectivity index (χ2n) is 5.74. The van der Waals surface area contributed by atoms with E-state index in [0.717, 1.165) is 12.2 Å². The Balaban J connectivity index is 3.19. The van der Waals surface area contributed by atoms with E-state index < -0.39 is 0 Å². The van der Waals surface area contributed by atoms with Gasteiger partial charge in [0.1, 0.15) is 5.75 Å². The SMILES string of the molecule is CNC(CC(C)(C)N)c1cc(C)cc(C)c1OC. The lowest BCUT2D eigenvalue weighted by molar-refractivity contribution is 0.367. The summed E-state index contributed by atoms with van der Waals surface area (Å²) in [6, 6.07) is 4.53. The summed E-state index contributed by atoms with van der Waals surface area (Å²) in [4.78, 5) is 0. The molecule has 0 fully saturated rings. The van der Waals surface area contributed by atoms with E-state index in [9.17, 15) is 0 Å². The van der Waals surface area contributed by atoms with Crippen molar-refractivity contribution in [3.05, 3.63) is 28.8 Å². The fourth-order valence-electron chi connectivity index (χ4n) is 2.42. The van der Waals surface area contributed by atoms with Gasteiger partial charge in [-0.1, -0.05) is 17.7 Å². The van der Waals surface area contributed by atoms with Crippen molar-refractivity contribution < 1.29 is 4.74 Å². The predicted octanol–water partition coefficient (Wildman–Crippen LogP) is 2.70. The number of ether oxygens (including phenoxy) is 1. The molecule has 0 bridgehead atoms. The van der Waals surface area contributed by atoms with Crippen LogP contribution in [0.25, 0.3) is 0 Å². The van der Waals surface area contributed by atoms with Gasteiger partial charge >= 0.3 is 0 Å². The maximum Gasteiger partial charge on any atom is 0.126 e. The van der Waals surface area contributed by atoms with E-state index in [1.54, 1.807) is 7.11 Å². The molecule has 0 amide bonds. The number of hydrogen-bond acceptors (Lipinski definition) is 3. The molecule has 3 N–H and O–H groups in total. The molecule has 1 aromatic carbocycles. The van der Waals surface area contributed by atoms with Crippen LogP contribution in [0, 0.1) is 13.8 Å². The van der Waals surface area contributed by atoms with Crippen molar-refractivity contribution in [2.75, 3.05) is 14.2 Å². The molecule has 0 aliphatic carbocycles. The summed E-state index contributed by atoms with van der Waals surface area (Å²) < 4.78 is 5.55. The first-order valence-corrected chi connectivity index (χ1v) is 6.39. The van der Waals surface area contributed by atoms with Crippen molar-refractivity contribution >= 4 is 0 Å². The van der Waals surface area contributed by atoms with Crippen LogP contribution in [0.1, 0.15) is 43.0 Å². The monoisotopic (exact) mass is 250 g/mol. The molecule has 0 aromatic heterocycles. The second-order valence-corrected chi connectivity index (χ2v) is 5.74. The number of benzene rings is 1. The number of aryl methyl sites for hydroxylation is 2. The third kappa shape index (κ3) is 3.72. The van der Waals surface area contributed by atoms with Crippen molar-refractivity contribution in [1.82, 2.24) is 5.32 Å². The molecule has 0 saturated heterocycles. The number of nitrogens with one attached hydrogen (secondary N) is 1. The Morgan fingerprint density at radius 1 is 1.33 bits per heavy atom. The lowest BCUT2D eigenvalue weighted by Crippen LogP contribution is -2.37. The molecular formula is C15H26N2O. The van der Waals surface area contributed by atoms with Crippen molar-refractivity contribution in [1.29, 1.82) is 0 Å². The molecule has 102 valence electrons. The molecule has 1 atom stereocenters. The Kier molecular flexibility index (Phi) is 4.77. The van der Waals surface area contributed by atoms with Crippen LogP contribution in [0.5, 0.6) is 5.75 Å². The average molecular weight is 250 g/mol. The smallest absolute Gasteiger partial charge is 0.126 e. The minimum Gasteiger partial charge on any atom is -0.496 e. The van der Waals surface area contributed by atoms with Crippen LogP contribution < -0.4 is 15.8 Å². The fraction of sp³-hybridized carbons (Fsp3) is 0.600. The zero-order valence-electron chi connectivity index (χ0n) is 12.4. The van der Waals surface area contributed by atoms with E-state index in [1.165, 1.54) is 16.7 Å². The van der Waals surface area contributed by atoms with Gasteiger partial charge in [-0.15, -0.1) is 0 Å². The topological polar surface area (TPSA) is 47.3 Å². The normalized spacial score (nSPS) is 13.5. The summed E-state index contributed by atoms with van der Waals surface area (Å²) in [5.41, 5.74) is 9.53. The zero-order chi connectivity index (χ0) is 13.9. The number of methoxy groups -OCH3 is 1. The Hall–Kier alpha value is -1.06.